The molecule has 2 heteroatoms. The first kappa shape index (κ1) is 8.76. The molecule has 0 aliphatic rings. The van der Waals surface area contributed by atoms with Crippen molar-refractivity contribution in [1.29, 1.82) is 0 Å². The molecule has 0 rings (SSSR count). The van der Waals surface area contributed by atoms with Crippen LogP contribution in [0, 0.1) is 0 Å². The molecule has 50 valence electrons. The van der Waals surface area contributed by atoms with Crippen LogP contribution in [0.2, 0.25) is 14.8 Å². The Morgan fingerprint density at radius 3 is 1.25 bits per heavy atom. The Morgan fingerprint density at radius 1 is 1.12 bits per heavy atom. The van der Waals surface area contributed by atoms with Crippen molar-refractivity contribution >= 4 is 18.4 Å². The molecule has 0 atom stereocenters. The van der Waals surface area contributed by atoms with E-state index < -0.39 is 18.4 Å². The van der Waals surface area contributed by atoms with E-state index >= 15 is 0 Å². The monoisotopic (exact) mass is 224 g/mol. The van der Waals surface area contributed by atoms with Crippen LogP contribution in [-0.4, -0.2) is 27.1 Å². The minimum atomic E-state index is -1.97. The topological polar surface area (TPSA) is 20.2 Å². The first-order chi connectivity index (χ1) is 3.25. The Bertz CT molecular complexity index is 63.5. The van der Waals surface area contributed by atoms with Gasteiger partial charge >= 0.3 is 55.8 Å². The van der Waals surface area contributed by atoms with E-state index in [1.807, 2.05) is 13.8 Å². The predicted molar refractivity (Wildman–Crippen MR) is 39.6 cm³/mol. The van der Waals surface area contributed by atoms with Gasteiger partial charge in [-0.2, -0.15) is 0 Å². The van der Waals surface area contributed by atoms with Crippen LogP contribution in [-0.2, 0) is 0 Å². The van der Waals surface area contributed by atoms with Crippen LogP contribution in [0.3, 0.4) is 0 Å². The molecular formula is C6H16OSn. The number of hydrogen-bond donors (Lipinski definition) is 1. The van der Waals surface area contributed by atoms with E-state index in [4.69, 9.17) is 0 Å². The minimum absolute atomic E-state index is 0.352. The summed E-state index contributed by atoms with van der Waals surface area (Å²) in [7, 11) is 0. The van der Waals surface area contributed by atoms with Gasteiger partial charge in [0.15, 0.2) is 0 Å². The fraction of sp³-hybridized carbons (Fsp3) is 1.00. The van der Waals surface area contributed by atoms with Crippen LogP contribution in [0.25, 0.3) is 0 Å². The van der Waals surface area contributed by atoms with Gasteiger partial charge in [0.1, 0.15) is 0 Å². The molecular weight excluding hydrogens is 207 g/mol. The van der Waals surface area contributed by atoms with Crippen molar-refractivity contribution in [2.45, 2.75) is 32.3 Å². The van der Waals surface area contributed by atoms with Crippen LogP contribution < -0.4 is 0 Å². The molecule has 1 N–H and O–H groups in total. The fourth-order valence-corrected chi connectivity index (χ4v) is 0. The average molecular weight is 223 g/mol. The van der Waals surface area contributed by atoms with Crippen LogP contribution in [0.15, 0.2) is 0 Å². The zero-order valence-electron chi connectivity index (χ0n) is 6.45. The maximum absolute atomic E-state index is 9.45. The van der Waals surface area contributed by atoms with Gasteiger partial charge in [0, 0.05) is 0 Å². The Morgan fingerprint density at radius 2 is 1.25 bits per heavy atom. The van der Waals surface area contributed by atoms with Gasteiger partial charge in [0.25, 0.3) is 0 Å². The number of rotatable bonds is 1. The van der Waals surface area contributed by atoms with Gasteiger partial charge in [-0.3, -0.25) is 0 Å². The third-order valence-corrected chi connectivity index (χ3v) is 12.3. The fourth-order valence-electron chi connectivity index (χ4n) is 0. The molecule has 0 saturated heterocycles. The van der Waals surface area contributed by atoms with Gasteiger partial charge in [-0.1, -0.05) is 0 Å². The van der Waals surface area contributed by atoms with Crippen molar-refractivity contribution in [2.75, 3.05) is 0 Å². The normalized spacial score (nSPS) is 14.2. The van der Waals surface area contributed by atoms with E-state index in [1.54, 1.807) is 0 Å². The molecule has 0 heterocycles. The maximum atomic E-state index is 9.45. The first-order valence-electron chi connectivity index (χ1n) is 2.97. The molecule has 8 heavy (non-hydrogen) atoms. The standard InChI is InChI=1S/C3H7O.3CH3.Sn/c1-3(2)4;;;;/h4H,1-2H3;3*1H3;. The Balaban J connectivity index is 4.02. The van der Waals surface area contributed by atoms with Crippen molar-refractivity contribution in [1.82, 2.24) is 0 Å². The van der Waals surface area contributed by atoms with E-state index in [-0.39, 0.29) is 3.62 Å². The molecule has 0 aromatic heterocycles. The molecule has 0 aromatic carbocycles. The Hall–Kier alpha value is 0.759. The quantitative estimate of drug-likeness (QED) is 0.669. The van der Waals surface area contributed by atoms with Crippen LogP contribution in [0.4, 0.5) is 0 Å². The summed E-state index contributed by atoms with van der Waals surface area (Å²) < 4.78 is -0.352. The van der Waals surface area contributed by atoms with E-state index in [2.05, 4.69) is 14.8 Å². The van der Waals surface area contributed by atoms with Crippen molar-refractivity contribution < 1.29 is 5.11 Å². The molecule has 0 amide bonds. The Kier molecular flexibility index (Phi) is 2.38. The molecule has 0 aliphatic heterocycles. The summed E-state index contributed by atoms with van der Waals surface area (Å²) in [6.45, 7) is 3.84. The van der Waals surface area contributed by atoms with E-state index in [1.165, 1.54) is 0 Å². The SMILES string of the molecule is C[C](C)(O)[Sn]([CH3])([CH3])[CH3]. The second kappa shape index (κ2) is 2.18. The Labute approximate surface area is 56.0 Å². The van der Waals surface area contributed by atoms with E-state index in [9.17, 15) is 5.11 Å². The average Bonchev–Trinajstić information content (AvgIpc) is 1.25. The molecule has 0 unspecified atom stereocenters. The second-order valence-corrected chi connectivity index (χ2v) is 20.1. The molecule has 0 aliphatic carbocycles. The second-order valence-electron chi connectivity index (χ2n) is 3.81. The molecule has 0 fully saturated rings. The zero-order valence-corrected chi connectivity index (χ0v) is 9.30. The molecule has 0 spiro atoms. The van der Waals surface area contributed by atoms with Gasteiger partial charge in [-0.15, -0.1) is 0 Å². The van der Waals surface area contributed by atoms with Crippen molar-refractivity contribution in [3.8, 4) is 0 Å². The van der Waals surface area contributed by atoms with Gasteiger partial charge in [0.05, 0.1) is 0 Å². The van der Waals surface area contributed by atoms with Crippen molar-refractivity contribution in [2.24, 2.45) is 0 Å². The van der Waals surface area contributed by atoms with Crippen molar-refractivity contribution in [3.05, 3.63) is 0 Å². The summed E-state index contributed by atoms with van der Waals surface area (Å²) >= 11 is -1.97. The molecule has 0 radical (unpaired) electrons. The van der Waals surface area contributed by atoms with Crippen LogP contribution in [0.1, 0.15) is 13.8 Å². The van der Waals surface area contributed by atoms with Crippen molar-refractivity contribution in [3.63, 3.8) is 0 Å². The zero-order chi connectivity index (χ0) is 7.00. The summed E-state index contributed by atoms with van der Waals surface area (Å²) in [5.74, 6) is 0. The number of aliphatic hydroxyl groups is 1. The summed E-state index contributed by atoms with van der Waals surface area (Å²) in [5, 5.41) is 9.45. The van der Waals surface area contributed by atoms with E-state index in [0.717, 1.165) is 0 Å². The van der Waals surface area contributed by atoms with Gasteiger partial charge in [-0.05, 0) is 0 Å². The molecule has 1 nitrogen and oxygen atoms in total. The van der Waals surface area contributed by atoms with Crippen LogP contribution >= 0.6 is 0 Å². The predicted octanol–water partition coefficient (Wildman–Crippen LogP) is 1.63. The molecule has 0 saturated carbocycles. The first-order valence-corrected chi connectivity index (χ1v) is 13.0. The van der Waals surface area contributed by atoms with Gasteiger partial charge in [0.2, 0.25) is 0 Å². The third kappa shape index (κ3) is 2.35. The third-order valence-electron chi connectivity index (χ3n) is 1.84. The molecule has 0 bridgehead atoms. The summed E-state index contributed by atoms with van der Waals surface area (Å²) in [6.07, 6.45) is 0. The summed E-state index contributed by atoms with van der Waals surface area (Å²) in [4.78, 5) is 6.69. The summed E-state index contributed by atoms with van der Waals surface area (Å²) in [6, 6.07) is 0. The molecule has 0 aromatic rings. The van der Waals surface area contributed by atoms with Gasteiger partial charge < -0.3 is 0 Å². The summed E-state index contributed by atoms with van der Waals surface area (Å²) in [5.41, 5.74) is 0. The van der Waals surface area contributed by atoms with Crippen LogP contribution in [0.5, 0.6) is 0 Å². The van der Waals surface area contributed by atoms with E-state index in [0.29, 0.717) is 0 Å². The van der Waals surface area contributed by atoms with Gasteiger partial charge in [-0.25, -0.2) is 0 Å². The number of hydrogen-bond acceptors (Lipinski definition) is 1.